The first-order chi connectivity index (χ1) is 5.68. The highest BCUT2D eigenvalue weighted by Gasteiger charge is 2.18. The fourth-order valence-corrected chi connectivity index (χ4v) is 1.68. The van der Waals surface area contributed by atoms with Crippen molar-refractivity contribution in [2.24, 2.45) is 5.41 Å². The molecule has 1 nitrogen and oxygen atoms in total. The third-order valence-corrected chi connectivity index (χ3v) is 2.76. The van der Waals surface area contributed by atoms with Crippen LogP contribution < -0.4 is 5.32 Å². The largest absolute Gasteiger partial charge is 0.316 e. The molecule has 1 atom stereocenters. The van der Waals surface area contributed by atoms with E-state index in [0.29, 0.717) is 0 Å². The summed E-state index contributed by atoms with van der Waals surface area (Å²) in [4.78, 5) is 0. The van der Waals surface area contributed by atoms with Crippen LogP contribution >= 0.6 is 11.8 Å². The van der Waals surface area contributed by atoms with Crippen LogP contribution in [-0.4, -0.2) is 25.1 Å². The van der Waals surface area contributed by atoms with E-state index in [9.17, 15) is 0 Å². The molecule has 0 fully saturated rings. The van der Waals surface area contributed by atoms with Crippen molar-refractivity contribution in [2.45, 2.75) is 20.3 Å². The molecule has 0 saturated heterocycles. The second-order valence-corrected chi connectivity index (χ2v) is 4.37. The number of hydrogen-bond donors (Lipinski definition) is 1. The highest BCUT2D eigenvalue weighted by atomic mass is 32.2. The zero-order chi connectivity index (χ0) is 9.45. The van der Waals surface area contributed by atoms with Gasteiger partial charge in [-0.25, -0.2) is 0 Å². The topological polar surface area (TPSA) is 12.0 Å². The third-order valence-electron chi connectivity index (χ3n) is 2.15. The summed E-state index contributed by atoms with van der Waals surface area (Å²) in [6.07, 6.45) is 5.44. The molecular formula is C10H21NS. The first-order valence-electron chi connectivity index (χ1n) is 4.52. The minimum Gasteiger partial charge on any atom is -0.316 e. The van der Waals surface area contributed by atoms with Gasteiger partial charge in [-0.15, -0.1) is 6.58 Å². The molecule has 2 heteroatoms. The van der Waals surface area contributed by atoms with Gasteiger partial charge in [-0.3, -0.25) is 0 Å². The second kappa shape index (κ2) is 6.55. The number of hydrogen-bond acceptors (Lipinski definition) is 2. The molecule has 0 amide bonds. The normalized spacial score (nSPS) is 15.6. The molecule has 0 aliphatic rings. The molecule has 0 saturated carbocycles. The highest BCUT2D eigenvalue weighted by molar-refractivity contribution is 7.98. The summed E-state index contributed by atoms with van der Waals surface area (Å²) < 4.78 is 0. The molecule has 12 heavy (non-hydrogen) atoms. The Balaban J connectivity index is 3.78. The zero-order valence-electron chi connectivity index (χ0n) is 8.52. The molecule has 1 N–H and O–H groups in total. The Bertz CT molecular complexity index is 115. The quantitative estimate of drug-likeness (QED) is 0.615. The molecule has 0 spiro atoms. The smallest absolute Gasteiger partial charge is 0.00399 e. The molecule has 0 aromatic carbocycles. The molecule has 0 aromatic rings. The van der Waals surface area contributed by atoms with Crippen LogP contribution in [0, 0.1) is 5.41 Å². The summed E-state index contributed by atoms with van der Waals surface area (Å²) in [7, 11) is 0. The van der Waals surface area contributed by atoms with Gasteiger partial charge in [0.1, 0.15) is 0 Å². The molecule has 0 bridgehead atoms. The molecule has 0 aromatic heterocycles. The Morgan fingerprint density at radius 2 is 2.25 bits per heavy atom. The molecule has 0 radical (unpaired) electrons. The molecular weight excluding hydrogens is 166 g/mol. The van der Waals surface area contributed by atoms with Gasteiger partial charge in [-0.1, -0.05) is 19.9 Å². The SMILES string of the molecule is C=CC(C)(CCSC)CNCC. The van der Waals surface area contributed by atoms with Crippen molar-refractivity contribution in [3.8, 4) is 0 Å². The van der Waals surface area contributed by atoms with Gasteiger partial charge in [0.25, 0.3) is 0 Å². The number of thioether (sulfide) groups is 1. The van der Waals surface area contributed by atoms with E-state index in [1.165, 1.54) is 12.2 Å². The van der Waals surface area contributed by atoms with Crippen molar-refractivity contribution in [1.29, 1.82) is 0 Å². The van der Waals surface area contributed by atoms with E-state index in [1.807, 2.05) is 11.8 Å². The van der Waals surface area contributed by atoms with E-state index in [0.717, 1.165) is 13.1 Å². The van der Waals surface area contributed by atoms with Crippen molar-refractivity contribution in [3.63, 3.8) is 0 Å². The molecule has 1 unspecified atom stereocenters. The van der Waals surface area contributed by atoms with Crippen LogP contribution in [0.2, 0.25) is 0 Å². The standard InChI is InChI=1S/C10H21NS/c1-5-10(3,7-8-12-4)9-11-6-2/h5,11H,1,6-9H2,2-4H3. The Kier molecular flexibility index (Phi) is 6.58. The molecule has 72 valence electrons. The third kappa shape index (κ3) is 4.83. The van der Waals surface area contributed by atoms with Gasteiger partial charge in [-0.05, 0) is 30.4 Å². The second-order valence-electron chi connectivity index (χ2n) is 3.38. The van der Waals surface area contributed by atoms with Crippen molar-refractivity contribution in [2.75, 3.05) is 25.1 Å². The van der Waals surface area contributed by atoms with Crippen molar-refractivity contribution >= 4 is 11.8 Å². The van der Waals surface area contributed by atoms with Crippen molar-refractivity contribution in [3.05, 3.63) is 12.7 Å². The number of rotatable bonds is 7. The predicted molar refractivity (Wildman–Crippen MR) is 59.8 cm³/mol. The van der Waals surface area contributed by atoms with Gasteiger partial charge < -0.3 is 5.32 Å². The lowest BCUT2D eigenvalue weighted by Crippen LogP contribution is -2.30. The van der Waals surface area contributed by atoms with Crippen LogP contribution in [-0.2, 0) is 0 Å². The predicted octanol–water partition coefficient (Wildman–Crippen LogP) is 2.54. The summed E-state index contributed by atoms with van der Waals surface area (Å²) in [5.41, 5.74) is 0.277. The van der Waals surface area contributed by atoms with Gasteiger partial charge in [0, 0.05) is 6.54 Å². The van der Waals surface area contributed by atoms with Crippen LogP contribution in [0.5, 0.6) is 0 Å². The molecule has 0 aliphatic carbocycles. The molecule has 0 rings (SSSR count). The summed E-state index contributed by atoms with van der Waals surface area (Å²) in [6, 6.07) is 0. The Hall–Kier alpha value is 0.0500. The van der Waals surface area contributed by atoms with Crippen molar-refractivity contribution in [1.82, 2.24) is 5.32 Å². The van der Waals surface area contributed by atoms with Gasteiger partial charge in [0.2, 0.25) is 0 Å². The summed E-state index contributed by atoms with van der Waals surface area (Å²) in [5, 5.41) is 3.37. The number of nitrogens with one attached hydrogen (secondary N) is 1. The van der Waals surface area contributed by atoms with Crippen molar-refractivity contribution < 1.29 is 0 Å². The van der Waals surface area contributed by atoms with Gasteiger partial charge in [0.15, 0.2) is 0 Å². The lowest BCUT2D eigenvalue weighted by Gasteiger charge is -2.25. The lowest BCUT2D eigenvalue weighted by atomic mass is 9.88. The first kappa shape index (κ1) is 12.0. The highest BCUT2D eigenvalue weighted by Crippen LogP contribution is 2.23. The summed E-state index contributed by atoms with van der Waals surface area (Å²) >= 11 is 1.90. The Labute approximate surface area is 81.0 Å². The van der Waals surface area contributed by atoms with E-state index in [-0.39, 0.29) is 5.41 Å². The zero-order valence-corrected chi connectivity index (χ0v) is 9.34. The summed E-state index contributed by atoms with van der Waals surface area (Å²) in [6.45, 7) is 10.4. The monoisotopic (exact) mass is 187 g/mol. The minimum absolute atomic E-state index is 0.277. The van der Waals surface area contributed by atoms with E-state index < -0.39 is 0 Å². The van der Waals surface area contributed by atoms with Gasteiger partial charge >= 0.3 is 0 Å². The Morgan fingerprint density at radius 3 is 2.67 bits per heavy atom. The van der Waals surface area contributed by atoms with Crippen LogP contribution in [0.15, 0.2) is 12.7 Å². The summed E-state index contributed by atoms with van der Waals surface area (Å²) in [5.74, 6) is 1.22. The van der Waals surface area contributed by atoms with E-state index in [2.05, 4.69) is 38.1 Å². The van der Waals surface area contributed by atoms with E-state index in [4.69, 9.17) is 0 Å². The van der Waals surface area contributed by atoms with Crippen LogP contribution in [0.1, 0.15) is 20.3 Å². The molecule has 0 aliphatic heterocycles. The average molecular weight is 187 g/mol. The lowest BCUT2D eigenvalue weighted by molar-refractivity contribution is 0.388. The van der Waals surface area contributed by atoms with E-state index in [1.54, 1.807) is 0 Å². The maximum Gasteiger partial charge on any atom is 0.00399 e. The fourth-order valence-electron chi connectivity index (χ4n) is 1.01. The maximum atomic E-state index is 3.89. The first-order valence-corrected chi connectivity index (χ1v) is 5.91. The maximum absolute atomic E-state index is 3.89. The molecule has 0 heterocycles. The van der Waals surface area contributed by atoms with Gasteiger partial charge in [0.05, 0.1) is 0 Å². The van der Waals surface area contributed by atoms with E-state index >= 15 is 0 Å². The fraction of sp³-hybridized carbons (Fsp3) is 0.800. The van der Waals surface area contributed by atoms with Crippen LogP contribution in [0.4, 0.5) is 0 Å². The van der Waals surface area contributed by atoms with Crippen LogP contribution in [0.3, 0.4) is 0 Å². The van der Waals surface area contributed by atoms with Crippen LogP contribution in [0.25, 0.3) is 0 Å². The minimum atomic E-state index is 0.277. The Morgan fingerprint density at radius 1 is 1.58 bits per heavy atom. The van der Waals surface area contributed by atoms with Gasteiger partial charge in [-0.2, -0.15) is 11.8 Å². The average Bonchev–Trinajstić information content (AvgIpc) is 2.11.